The van der Waals surface area contributed by atoms with Crippen molar-refractivity contribution in [3.63, 3.8) is 0 Å². The zero-order valence-electron chi connectivity index (χ0n) is 10.5. The number of aromatic nitrogens is 2. The Hall–Kier alpha value is -1.22. The van der Waals surface area contributed by atoms with Gasteiger partial charge < -0.3 is 10.7 Å². The number of thiophene rings is 1. The number of nitrogens with zero attached hydrogens (tertiary/aromatic N) is 1. The van der Waals surface area contributed by atoms with E-state index in [1.54, 1.807) is 31.5 Å². The van der Waals surface area contributed by atoms with Crippen molar-refractivity contribution in [1.82, 2.24) is 14.7 Å². The minimum Gasteiger partial charge on any atom is -0.347 e. The van der Waals surface area contributed by atoms with Crippen LogP contribution in [0.1, 0.15) is 23.7 Å². The van der Waals surface area contributed by atoms with Crippen molar-refractivity contribution in [1.29, 1.82) is 0 Å². The third kappa shape index (κ3) is 3.41. The van der Waals surface area contributed by atoms with Crippen molar-refractivity contribution in [3.8, 4) is 0 Å². The van der Waals surface area contributed by atoms with Crippen LogP contribution < -0.4 is 10.5 Å². The third-order valence-electron chi connectivity index (χ3n) is 2.55. The van der Waals surface area contributed by atoms with Crippen molar-refractivity contribution in [2.24, 2.45) is 5.73 Å². The summed E-state index contributed by atoms with van der Waals surface area (Å²) in [5.41, 5.74) is 5.45. The molecule has 0 aliphatic rings. The maximum Gasteiger partial charge on any atom is 0.250 e. The molecule has 4 N–H and O–H groups in total. The molecule has 0 aliphatic carbocycles. The van der Waals surface area contributed by atoms with Crippen molar-refractivity contribution in [2.45, 2.75) is 23.6 Å². The summed E-state index contributed by atoms with van der Waals surface area (Å²) in [4.78, 5) is 7.88. The monoisotopic (exact) mass is 300 g/mol. The van der Waals surface area contributed by atoms with Crippen LogP contribution in [0.25, 0.3) is 0 Å². The second kappa shape index (κ2) is 5.83. The normalized spacial score (nSPS) is 13.6. The number of hydrogen-bond acceptors (Lipinski definition) is 5. The molecule has 0 aliphatic heterocycles. The molecule has 1 atom stereocenters. The zero-order valence-corrected chi connectivity index (χ0v) is 12.1. The fraction of sp³-hybridized carbons (Fsp3) is 0.364. The van der Waals surface area contributed by atoms with Crippen molar-refractivity contribution in [2.75, 3.05) is 6.54 Å². The quantitative estimate of drug-likeness (QED) is 0.741. The summed E-state index contributed by atoms with van der Waals surface area (Å²) in [6, 6.07) is 3.00. The van der Waals surface area contributed by atoms with Crippen LogP contribution >= 0.6 is 11.3 Å². The Morgan fingerprint density at radius 2 is 2.32 bits per heavy atom. The smallest absolute Gasteiger partial charge is 0.250 e. The lowest BCUT2D eigenvalue weighted by molar-refractivity contribution is 0.563. The second-order valence-corrected chi connectivity index (χ2v) is 7.19. The number of H-pyrrole nitrogens is 1. The van der Waals surface area contributed by atoms with Crippen LogP contribution in [0.3, 0.4) is 0 Å². The minimum absolute atomic E-state index is 0.300. The zero-order chi connectivity index (χ0) is 13.9. The Morgan fingerprint density at radius 1 is 1.53 bits per heavy atom. The lowest BCUT2D eigenvalue weighted by Crippen LogP contribution is -2.26. The van der Waals surface area contributed by atoms with E-state index >= 15 is 0 Å². The number of aromatic amines is 1. The molecule has 0 radical (unpaired) electrons. The number of sulfonamides is 1. The van der Waals surface area contributed by atoms with Crippen LogP contribution in [-0.4, -0.2) is 24.9 Å². The molecule has 6 nitrogen and oxygen atoms in total. The average molecular weight is 300 g/mol. The number of imidazole rings is 1. The van der Waals surface area contributed by atoms with Gasteiger partial charge in [0.25, 0.3) is 10.0 Å². The van der Waals surface area contributed by atoms with Gasteiger partial charge in [-0.1, -0.05) is 0 Å². The van der Waals surface area contributed by atoms with Gasteiger partial charge in [0.15, 0.2) is 0 Å². The molecule has 0 aromatic carbocycles. The van der Waals surface area contributed by atoms with Gasteiger partial charge in [-0.2, -0.15) is 0 Å². The molecule has 2 aromatic heterocycles. The highest BCUT2D eigenvalue weighted by molar-refractivity contribution is 7.91. The molecule has 0 fully saturated rings. The number of hydrogen-bond donors (Lipinski definition) is 3. The predicted octanol–water partition coefficient (Wildman–Crippen LogP) is 1.01. The predicted molar refractivity (Wildman–Crippen MR) is 74.4 cm³/mol. The van der Waals surface area contributed by atoms with E-state index in [-0.39, 0.29) is 0 Å². The summed E-state index contributed by atoms with van der Waals surface area (Å²) in [5, 5.41) is 0. The van der Waals surface area contributed by atoms with Gasteiger partial charge >= 0.3 is 0 Å². The Balaban J connectivity index is 2.13. The minimum atomic E-state index is -3.52. The van der Waals surface area contributed by atoms with Crippen molar-refractivity contribution in [3.05, 3.63) is 35.2 Å². The van der Waals surface area contributed by atoms with E-state index < -0.39 is 16.1 Å². The van der Waals surface area contributed by atoms with E-state index in [2.05, 4.69) is 14.7 Å². The molecule has 0 spiro atoms. The molecular formula is C11H16N4O2S2. The van der Waals surface area contributed by atoms with Gasteiger partial charge in [0, 0.05) is 17.3 Å². The van der Waals surface area contributed by atoms with Crippen molar-refractivity contribution >= 4 is 21.4 Å². The number of rotatable bonds is 6. The molecule has 0 saturated heterocycles. The van der Waals surface area contributed by atoms with E-state index in [0.717, 1.165) is 4.88 Å². The summed E-state index contributed by atoms with van der Waals surface area (Å²) in [6.07, 6.45) is 3.93. The Kier molecular flexibility index (Phi) is 4.35. The first-order chi connectivity index (χ1) is 9.03. The van der Waals surface area contributed by atoms with Gasteiger partial charge in [0.05, 0.1) is 6.04 Å². The van der Waals surface area contributed by atoms with Crippen LogP contribution in [0.15, 0.2) is 28.7 Å². The standard InChI is InChI=1S/C11H16N4O2S2/c1-8(11-13-6-7-14-11)15-19(16,17)10-3-2-9(18-10)4-5-12/h2-3,6-8,15H,4-5,12H2,1H3,(H,13,14). The van der Waals surface area contributed by atoms with E-state index in [1.807, 2.05) is 0 Å². The molecule has 2 aromatic rings. The third-order valence-corrected chi connectivity index (χ3v) is 5.73. The summed E-state index contributed by atoms with van der Waals surface area (Å²) < 4.78 is 27.3. The van der Waals surface area contributed by atoms with Gasteiger partial charge in [-0.15, -0.1) is 11.3 Å². The first-order valence-electron chi connectivity index (χ1n) is 5.83. The molecule has 0 saturated carbocycles. The molecule has 0 bridgehead atoms. The topological polar surface area (TPSA) is 101 Å². The van der Waals surface area contributed by atoms with E-state index in [4.69, 9.17) is 5.73 Å². The maximum absolute atomic E-state index is 12.2. The Bertz CT molecular complexity index is 619. The number of nitrogens with two attached hydrogens (primary N) is 1. The Labute approximate surface area is 116 Å². The highest BCUT2D eigenvalue weighted by Crippen LogP contribution is 2.23. The Morgan fingerprint density at radius 3 is 2.95 bits per heavy atom. The van der Waals surface area contributed by atoms with Gasteiger partial charge in [-0.3, -0.25) is 0 Å². The first-order valence-corrected chi connectivity index (χ1v) is 8.13. The molecule has 2 rings (SSSR count). The SMILES string of the molecule is CC(NS(=O)(=O)c1ccc(CCN)s1)c1ncc[nH]1. The highest BCUT2D eigenvalue weighted by Gasteiger charge is 2.21. The largest absolute Gasteiger partial charge is 0.347 e. The summed E-state index contributed by atoms with van der Waals surface area (Å²) in [7, 11) is -3.52. The van der Waals surface area contributed by atoms with Crippen LogP contribution in [0.5, 0.6) is 0 Å². The van der Waals surface area contributed by atoms with Crippen LogP contribution in [-0.2, 0) is 16.4 Å². The van der Waals surface area contributed by atoms with Crippen LogP contribution in [0, 0.1) is 0 Å². The maximum atomic E-state index is 12.2. The first kappa shape index (κ1) is 14.2. The second-order valence-electron chi connectivity index (χ2n) is 4.08. The van der Waals surface area contributed by atoms with Crippen LogP contribution in [0.2, 0.25) is 0 Å². The fourth-order valence-electron chi connectivity index (χ4n) is 1.64. The summed E-state index contributed by atoms with van der Waals surface area (Å²) in [5.74, 6) is 0.585. The lowest BCUT2D eigenvalue weighted by Gasteiger charge is -2.10. The van der Waals surface area contributed by atoms with Gasteiger partial charge in [-0.25, -0.2) is 18.1 Å². The van der Waals surface area contributed by atoms with E-state index in [1.165, 1.54) is 11.3 Å². The van der Waals surface area contributed by atoms with E-state index in [0.29, 0.717) is 23.0 Å². The van der Waals surface area contributed by atoms with E-state index in [9.17, 15) is 8.42 Å². The number of nitrogens with one attached hydrogen (secondary N) is 2. The van der Waals surface area contributed by atoms with Gasteiger partial charge in [0.2, 0.25) is 0 Å². The summed E-state index contributed by atoms with van der Waals surface area (Å²) >= 11 is 1.24. The molecule has 104 valence electrons. The molecule has 2 heterocycles. The fourth-order valence-corrected chi connectivity index (χ4v) is 4.24. The van der Waals surface area contributed by atoms with Gasteiger partial charge in [-0.05, 0) is 32.0 Å². The highest BCUT2D eigenvalue weighted by atomic mass is 32.2. The molecular weight excluding hydrogens is 284 g/mol. The molecule has 8 heteroatoms. The molecule has 1 unspecified atom stereocenters. The molecule has 19 heavy (non-hydrogen) atoms. The van der Waals surface area contributed by atoms with Crippen LogP contribution in [0.4, 0.5) is 0 Å². The van der Waals surface area contributed by atoms with Crippen molar-refractivity contribution < 1.29 is 8.42 Å². The average Bonchev–Trinajstić information content (AvgIpc) is 2.99. The molecule has 0 amide bonds. The lowest BCUT2D eigenvalue weighted by atomic mass is 10.3. The summed E-state index contributed by atoms with van der Waals surface area (Å²) in [6.45, 7) is 2.25. The van der Waals surface area contributed by atoms with Gasteiger partial charge in [0.1, 0.15) is 10.0 Å².